The van der Waals surface area contributed by atoms with Crippen molar-refractivity contribution in [3.05, 3.63) is 52.5 Å². The van der Waals surface area contributed by atoms with Gasteiger partial charge in [0.1, 0.15) is 5.75 Å². The number of halogens is 1. The Labute approximate surface area is 140 Å². The van der Waals surface area contributed by atoms with Crippen molar-refractivity contribution in [2.75, 3.05) is 18.7 Å². The summed E-state index contributed by atoms with van der Waals surface area (Å²) in [4.78, 5) is 12.3. The van der Waals surface area contributed by atoms with Crippen molar-refractivity contribution in [3.63, 3.8) is 0 Å². The third-order valence-electron chi connectivity index (χ3n) is 3.20. The van der Waals surface area contributed by atoms with Gasteiger partial charge in [-0.1, -0.05) is 17.7 Å². The van der Waals surface area contributed by atoms with Crippen molar-refractivity contribution in [2.45, 2.75) is 11.8 Å². The average molecular weight is 354 g/mol. The molecule has 2 rings (SSSR count). The number of sulfone groups is 1. The fraction of sp³-hybridized carbons (Fsp3) is 0.188. The zero-order valence-electron chi connectivity index (χ0n) is 12.9. The van der Waals surface area contributed by atoms with Crippen molar-refractivity contribution < 1.29 is 17.9 Å². The number of carbonyl (C=O) groups is 1. The van der Waals surface area contributed by atoms with E-state index in [-0.39, 0.29) is 15.5 Å². The Morgan fingerprint density at radius 1 is 1.17 bits per heavy atom. The summed E-state index contributed by atoms with van der Waals surface area (Å²) in [6.07, 6.45) is 1.04. The van der Waals surface area contributed by atoms with Crippen LogP contribution >= 0.6 is 11.6 Å². The number of anilines is 1. The van der Waals surface area contributed by atoms with Crippen molar-refractivity contribution in [1.29, 1.82) is 0 Å². The Morgan fingerprint density at radius 2 is 1.87 bits per heavy atom. The maximum Gasteiger partial charge on any atom is 0.255 e. The number of carbonyl (C=O) groups excluding carboxylic acids is 1. The molecule has 0 saturated carbocycles. The second-order valence-corrected chi connectivity index (χ2v) is 7.47. The summed E-state index contributed by atoms with van der Waals surface area (Å²) >= 11 is 5.88. The summed E-state index contributed by atoms with van der Waals surface area (Å²) in [6.45, 7) is 1.89. The smallest absolute Gasteiger partial charge is 0.255 e. The second-order valence-electron chi connectivity index (χ2n) is 5.08. The monoisotopic (exact) mass is 353 g/mol. The lowest BCUT2D eigenvalue weighted by Gasteiger charge is -2.12. The predicted octanol–water partition coefficient (Wildman–Crippen LogP) is 3.31. The van der Waals surface area contributed by atoms with E-state index in [0.29, 0.717) is 11.4 Å². The molecule has 5 nitrogen and oxygen atoms in total. The van der Waals surface area contributed by atoms with E-state index in [1.807, 2.05) is 13.0 Å². The molecular weight excluding hydrogens is 338 g/mol. The van der Waals surface area contributed by atoms with Crippen LogP contribution in [-0.2, 0) is 9.84 Å². The van der Waals surface area contributed by atoms with Gasteiger partial charge in [0.25, 0.3) is 5.91 Å². The number of methoxy groups -OCH3 is 1. The molecule has 122 valence electrons. The van der Waals surface area contributed by atoms with Crippen LogP contribution in [0, 0.1) is 6.92 Å². The van der Waals surface area contributed by atoms with E-state index >= 15 is 0 Å². The van der Waals surface area contributed by atoms with Gasteiger partial charge < -0.3 is 10.1 Å². The Kier molecular flexibility index (Phi) is 4.97. The summed E-state index contributed by atoms with van der Waals surface area (Å²) < 4.78 is 28.6. The van der Waals surface area contributed by atoms with Gasteiger partial charge in [-0.2, -0.15) is 0 Å². The lowest BCUT2D eigenvalue weighted by Crippen LogP contribution is -2.13. The van der Waals surface area contributed by atoms with Crippen molar-refractivity contribution in [3.8, 4) is 5.75 Å². The number of ether oxygens (including phenoxy) is 1. The van der Waals surface area contributed by atoms with E-state index in [9.17, 15) is 13.2 Å². The number of hydrogen-bond donors (Lipinski definition) is 1. The first kappa shape index (κ1) is 17.3. The van der Waals surface area contributed by atoms with Gasteiger partial charge in [0.2, 0.25) is 0 Å². The van der Waals surface area contributed by atoms with Gasteiger partial charge in [-0.05, 0) is 42.8 Å². The van der Waals surface area contributed by atoms with Gasteiger partial charge in [-0.25, -0.2) is 8.42 Å². The number of benzene rings is 2. The zero-order chi connectivity index (χ0) is 17.2. The molecule has 0 aliphatic heterocycles. The third-order valence-corrected chi connectivity index (χ3v) is 4.77. The first-order chi connectivity index (χ1) is 10.7. The summed E-state index contributed by atoms with van der Waals surface area (Å²) in [5, 5.41) is 2.80. The number of amides is 1. The number of aryl methyl sites for hydroxylation is 1. The molecule has 1 N–H and O–H groups in total. The highest BCUT2D eigenvalue weighted by Crippen LogP contribution is 2.27. The zero-order valence-corrected chi connectivity index (χ0v) is 14.5. The number of hydrogen-bond acceptors (Lipinski definition) is 4. The first-order valence-electron chi connectivity index (χ1n) is 6.68. The van der Waals surface area contributed by atoms with Crippen molar-refractivity contribution in [1.82, 2.24) is 0 Å². The van der Waals surface area contributed by atoms with Crippen LogP contribution in [0.4, 0.5) is 5.69 Å². The van der Waals surface area contributed by atoms with Gasteiger partial charge in [-0.3, -0.25) is 4.79 Å². The van der Waals surface area contributed by atoms with Crippen LogP contribution in [0.1, 0.15) is 15.9 Å². The van der Waals surface area contributed by atoms with Crippen molar-refractivity contribution >= 4 is 33.0 Å². The maximum atomic E-state index is 12.4. The van der Waals surface area contributed by atoms with Crippen LogP contribution in [0.2, 0.25) is 5.02 Å². The topological polar surface area (TPSA) is 72.5 Å². The summed E-state index contributed by atoms with van der Waals surface area (Å²) in [7, 11) is -2.01. The molecule has 0 aromatic heterocycles. The summed E-state index contributed by atoms with van der Waals surface area (Å²) in [5.74, 6) is 0.0664. The Morgan fingerprint density at radius 3 is 2.48 bits per heavy atom. The van der Waals surface area contributed by atoms with Crippen molar-refractivity contribution in [2.24, 2.45) is 0 Å². The molecule has 1 amide bonds. The highest BCUT2D eigenvalue weighted by atomic mass is 35.5. The lowest BCUT2D eigenvalue weighted by atomic mass is 10.1. The van der Waals surface area contributed by atoms with Gasteiger partial charge in [0, 0.05) is 11.8 Å². The maximum absolute atomic E-state index is 12.4. The fourth-order valence-corrected chi connectivity index (χ4v) is 3.34. The average Bonchev–Trinajstić information content (AvgIpc) is 2.46. The van der Waals surface area contributed by atoms with Crippen LogP contribution in [-0.4, -0.2) is 27.7 Å². The lowest BCUT2D eigenvalue weighted by molar-refractivity contribution is 0.102. The molecule has 2 aromatic carbocycles. The SMILES string of the molecule is COc1ccc(C)cc1NC(=O)c1ccc(Cl)c(S(C)(=O)=O)c1. The highest BCUT2D eigenvalue weighted by molar-refractivity contribution is 7.90. The van der Waals surface area contributed by atoms with Crippen LogP contribution in [0.25, 0.3) is 0 Å². The standard InChI is InChI=1S/C16H16ClNO4S/c1-10-4-7-14(22-2)13(8-10)18-16(19)11-5-6-12(17)15(9-11)23(3,20)21/h4-9H,1-3H3,(H,18,19). The van der Waals surface area contributed by atoms with Gasteiger partial charge in [-0.15, -0.1) is 0 Å². The van der Waals surface area contributed by atoms with Crippen LogP contribution in [0.5, 0.6) is 5.75 Å². The Balaban J connectivity index is 2.37. The van der Waals surface area contributed by atoms with Gasteiger partial charge in [0.15, 0.2) is 9.84 Å². The molecule has 0 atom stereocenters. The quantitative estimate of drug-likeness (QED) is 0.915. The molecule has 0 saturated heterocycles. The molecule has 2 aromatic rings. The van der Waals surface area contributed by atoms with E-state index in [0.717, 1.165) is 11.8 Å². The largest absolute Gasteiger partial charge is 0.495 e. The van der Waals surface area contributed by atoms with E-state index < -0.39 is 15.7 Å². The molecule has 0 spiro atoms. The molecule has 0 heterocycles. The first-order valence-corrected chi connectivity index (χ1v) is 8.95. The molecule has 0 unspecified atom stereocenters. The van der Waals surface area contributed by atoms with Gasteiger partial charge >= 0.3 is 0 Å². The van der Waals surface area contributed by atoms with Crippen LogP contribution in [0.15, 0.2) is 41.3 Å². The summed E-state index contributed by atoms with van der Waals surface area (Å²) in [6, 6.07) is 9.49. The molecule has 0 bridgehead atoms. The molecule has 7 heteroatoms. The second kappa shape index (κ2) is 6.60. The highest BCUT2D eigenvalue weighted by Gasteiger charge is 2.17. The van der Waals surface area contributed by atoms with E-state index in [1.54, 1.807) is 12.1 Å². The number of rotatable bonds is 4. The number of nitrogens with one attached hydrogen (secondary N) is 1. The minimum absolute atomic E-state index is 0.0805. The predicted molar refractivity (Wildman–Crippen MR) is 90.2 cm³/mol. The normalized spacial score (nSPS) is 11.1. The Bertz CT molecular complexity index is 862. The molecule has 0 aliphatic rings. The van der Waals surface area contributed by atoms with Gasteiger partial charge in [0.05, 0.1) is 22.7 Å². The Hall–Kier alpha value is -2.05. The minimum atomic E-state index is -3.52. The van der Waals surface area contributed by atoms with E-state index in [4.69, 9.17) is 16.3 Å². The minimum Gasteiger partial charge on any atom is -0.495 e. The fourth-order valence-electron chi connectivity index (χ4n) is 2.04. The van der Waals surface area contributed by atoms with Crippen LogP contribution in [0.3, 0.4) is 0 Å². The molecule has 0 fully saturated rings. The molecule has 0 aliphatic carbocycles. The van der Waals surface area contributed by atoms with E-state index in [2.05, 4.69) is 5.32 Å². The molecule has 0 radical (unpaired) electrons. The third kappa shape index (κ3) is 4.03. The molecular formula is C16H16ClNO4S. The van der Waals surface area contributed by atoms with E-state index in [1.165, 1.54) is 25.3 Å². The molecule has 23 heavy (non-hydrogen) atoms. The summed E-state index contributed by atoms with van der Waals surface area (Å²) in [5.41, 5.74) is 1.65. The van der Waals surface area contributed by atoms with Crippen LogP contribution < -0.4 is 10.1 Å².